The van der Waals surface area contributed by atoms with E-state index in [1.54, 1.807) is 48.5 Å². The predicted molar refractivity (Wildman–Crippen MR) is 140 cm³/mol. The molecule has 0 aliphatic carbocycles. The lowest BCUT2D eigenvalue weighted by Gasteiger charge is -2.25. The minimum atomic E-state index is -0.879. The van der Waals surface area contributed by atoms with Crippen molar-refractivity contribution in [2.24, 2.45) is 0 Å². The highest BCUT2D eigenvalue weighted by Crippen LogP contribution is 2.43. The van der Waals surface area contributed by atoms with Crippen molar-refractivity contribution in [3.63, 3.8) is 0 Å². The van der Waals surface area contributed by atoms with Crippen molar-refractivity contribution < 1.29 is 33.3 Å². The fraction of sp³-hybridized carbons (Fsp3) is 0.267. The Morgan fingerprint density at radius 2 is 2.00 bits per heavy atom. The first kappa shape index (κ1) is 25.2. The number of aliphatic hydroxyl groups excluding tert-OH is 1. The molecule has 1 fully saturated rings. The molecule has 0 spiro atoms. The van der Waals surface area contributed by atoms with E-state index in [-0.39, 0.29) is 30.6 Å². The molecule has 8 nitrogen and oxygen atoms in total. The molecule has 8 heteroatoms. The van der Waals surface area contributed by atoms with Crippen LogP contribution in [0, 0.1) is 0 Å². The molecule has 2 aliphatic heterocycles. The minimum absolute atomic E-state index is 0.00400. The lowest BCUT2D eigenvalue weighted by atomic mass is 9.94. The molecule has 1 aromatic heterocycles. The number of ketones is 1. The Morgan fingerprint density at radius 1 is 1.16 bits per heavy atom. The van der Waals surface area contributed by atoms with Crippen LogP contribution in [0.2, 0.25) is 0 Å². The molecule has 2 aromatic carbocycles. The van der Waals surface area contributed by atoms with E-state index in [1.807, 2.05) is 19.9 Å². The highest BCUT2D eigenvalue weighted by molar-refractivity contribution is 6.46. The third kappa shape index (κ3) is 4.65. The maximum absolute atomic E-state index is 13.4. The number of rotatable bonds is 9. The summed E-state index contributed by atoms with van der Waals surface area (Å²) in [4.78, 5) is 28.1. The fourth-order valence-electron chi connectivity index (χ4n) is 4.92. The summed E-state index contributed by atoms with van der Waals surface area (Å²) < 4.78 is 22.8. The first-order valence-electron chi connectivity index (χ1n) is 12.5. The van der Waals surface area contributed by atoms with Crippen molar-refractivity contribution >= 4 is 17.4 Å². The molecule has 0 radical (unpaired) electrons. The van der Waals surface area contributed by atoms with Gasteiger partial charge in [-0.1, -0.05) is 18.7 Å². The molecule has 0 saturated carbocycles. The standard InChI is InChI=1S/C30H29NO7/c1-4-12-37-24-11-8-19(16-25(24)35-5-2)27-26(29(33)30(34)31(27)17-22-7-6-13-36-22)28(32)20-9-10-23-21(15-20)14-18(3)38-23/h4,6-11,13,15-16,18,27,32H,1,5,12,14,17H2,2-3H3/t18-,27-/m0/s1. The third-order valence-electron chi connectivity index (χ3n) is 6.56. The summed E-state index contributed by atoms with van der Waals surface area (Å²) in [6, 6.07) is 13.1. The monoisotopic (exact) mass is 515 g/mol. The van der Waals surface area contributed by atoms with Gasteiger partial charge in [0.1, 0.15) is 30.0 Å². The number of amides is 1. The molecule has 2 aliphatic rings. The number of fused-ring (bicyclic) bond motifs is 1. The Labute approximate surface area is 220 Å². The number of hydrogen-bond acceptors (Lipinski definition) is 7. The number of benzene rings is 2. The molecule has 5 rings (SSSR count). The summed E-state index contributed by atoms with van der Waals surface area (Å²) in [6.07, 6.45) is 3.86. The minimum Gasteiger partial charge on any atom is -0.507 e. The Balaban J connectivity index is 1.63. The van der Waals surface area contributed by atoms with Gasteiger partial charge in [-0.05, 0) is 67.4 Å². The number of nitrogens with zero attached hydrogens (tertiary/aromatic N) is 1. The largest absolute Gasteiger partial charge is 0.507 e. The van der Waals surface area contributed by atoms with Crippen LogP contribution in [0.25, 0.3) is 5.76 Å². The van der Waals surface area contributed by atoms with E-state index in [1.165, 1.54) is 11.2 Å². The van der Waals surface area contributed by atoms with Crippen LogP contribution in [-0.2, 0) is 22.6 Å². The quantitative estimate of drug-likeness (QED) is 0.181. The van der Waals surface area contributed by atoms with Gasteiger partial charge in [-0.25, -0.2) is 0 Å². The molecule has 196 valence electrons. The first-order valence-corrected chi connectivity index (χ1v) is 12.5. The maximum Gasteiger partial charge on any atom is 0.296 e. The van der Waals surface area contributed by atoms with Crippen LogP contribution in [0.5, 0.6) is 17.2 Å². The Bertz CT molecular complexity index is 1410. The third-order valence-corrected chi connectivity index (χ3v) is 6.56. The normalized spacial score (nSPS) is 19.8. The molecular weight excluding hydrogens is 486 g/mol. The van der Waals surface area contributed by atoms with Gasteiger partial charge < -0.3 is 28.6 Å². The second kappa shape index (κ2) is 10.5. The topological polar surface area (TPSA) is 98.4 Å². The molecule has 1 N–H and O–H groups in total. The predicted octanol–water partition coefficient (Wildman–Crippen LogP) is 5.19. The summed E-state index contributed by atoms with van der Waals surface area (Å²) in [5.74, 6) is 0.481. The number of carbonyl (C=O) groups excluding carboxylic acids is 2. The van der Waals surface area contributed by atoms with Crippen molar-refractivity contribution in [1.29, 1.82) is 0 Å². The van der Waals surface area contributed by atoms with Gasteiger partial charge in [0.05, 0.1) is 31.0 Å². The molecule has 38 heavy (non-hydrogen) atoms. The van der Waals surface area contributed by atoms with Gasteiger partial charge in [0.2, 0.25) is 0 Å². The zero-order chi connectivity index (χ0) is 26.8. The van der Waals surface area contributed by atoms with E-state index in [9.17, 15) is 14.7 Å². The summed E-state index contributed by atoms with van der Waals surface area (Å²) in [5.41, 5.74) is 1.96. The molecule has 1 saturated heterocycles. The lowest BCUT2D eigenvalue weighted by Crippen LogP contribution is -2.29. The van der Waals surface area contributed by atoms with E-state index in [4.69, 9.17) is 18.6 Å². The number of likely N-dealkylation sites (tertiary alicyclic amines) is 1. The van der Waals surface area contributed by atoms with E-state index in [2.05, 4.69) is 6.58 Å². The van der Waals surface area contributed by atoms with Crippen molar-refractivity contribution in [3.05, 3.63) is 95.5 Å². The summed E-state index contributed by atoms with van der Waals surface area (Å²) >= 11 is 0. The molecule has 2 atom stereocenters. The van der Waals surface area contributed by atoms with Crippen molar-refractivity contribution in [2.75, 3.05) is 13.2 Å². The highest BCUT2D eigenvalue weighted by Gasteiger charge is 2.46. The second-order valence-electron chi connectivity index (χ2n) is 9.20. The average Bonchev–Trinajstić information content (AvgIpc) is 3.62. The van der Waals surface area contributed by atoms with Gasteiger partial charge in [0.15, 0.2) is 11.5 Å². The Morgan fingerprint density at radius 3 is 2.74 bits per heavy atom. The van der Waals surface area contributed by atoms with Crippen molar-refractivity contribution in [3.8, 4) is 17.2 Å². The van der Waals surface area contributed by atoms with Crippen molar-refractivity contribution in [1.82, 2.24) is 4.90 Å². The molecular formula is C30H29NO7. The Kier molecular flexibility index (Phi) is 6.96. The molecule has 1 amide bonds. The van der Waals surface area contributed by atoms with Gasteiger partial charge in [0.25, 0.3) is 11.7 Å². The van der Waals surface area contributed by atoms with Gasteiger partial charge in [-0.15, -0.1) is 0 Å². The molecule has 0 bridgehead atoms. The van der Waals surface area contributed by atoms with E-state index >= 15 is 0 Å². The lowest BCUT2D eigenvalue weighted by molar-refractivity contribution is -0.140. The van der Waals surface area contributed by atoms with Crippen molar-refractivity contribution in [2.45, 2.75) is 39.0 Å². The zero-order valence-electron chi connectivity index (χ0n) is 21.3. The van der Waals surface area contributed by atoms with Crippen LogP contribution in [0.4, 0.5) is 0 Å². The van der Waals surface area contributed by atoms with Crippen LogP contribution in [-0.4, -0.2) is 41.0 Å². The first-order chi connectivity index (χ1) is 18.4. The summed E-state index contributed by atoms with van der Waals surface area (Å²) in [7, 11) is 0. The van der Waals surface area contributed by atoms with Crippen LogP contribution >= 0.6 is 0 Å². The summed E-state index contributed by atoms with van der Waals surface area (Å²) in [5, 5.41) is 11.5. The Hall–Kier alpha value is -4.46. The molecule has 0 unspecified atom stereocenters. The van der Waals surface area contributed by atoms with Crippen LogP contribution in [0.15, 0.2) is 77.4 Å². The molecule has 3 heterocycles. The van der Waals surface area contributed by atoms with Gasteiger partial charge in [-0.2, -0.15) is 0 Å². The van der Waals surface area contributed by atoms with Crippen LogP contribution in [0.3, 0.4) is 0 Å². The van der Waals surface area contributed by atoms with Gasteiger partial charge in [0, 0.05) is 12.0 Å². The highest BCUT2D eigenvalue weighted by atomic mass is 16.5. The van der Waals surface area contributed by atoms with E-state index in [0.29, 0.717) is 41.4 Å². The van der Waals surface area contributed by atoms with Gasteiger partial charge in [-0.3, -0.25) is 9.59 Å². The molecule has 3 aromatic rings. The van der Waals surface area contributed by atoms with Gasteiger partial charge >= 0.3 is 0 Å². The van der Waals surface area contributed by atoms with Crippen LogP contribution < -0.4 is 14.2 Å². The number of furan rings is 1. The zero-order valence-corrected chi connectivity index (χ0v) is 21.3. The van der Waals surface area contributed by atoms with Crippen LogP contribution in [0.1, 0.15) is 42.3 Å². The number of carbonyl (C=O) groups is 2. The number of Topliss-reactive ketones (excluding diaryl/α,β-unsaturated/α-hetero) is 1. The number of ether oxygens (including phenoxy) is 3. The number of aliphatic hydroxyl groups is 1. The fourth-order valence-corrected chi connectivity index (χ4v) is 4.92. The summed E-state index contributed by atoms with van der Waals surface area (Å²) in [6.45, 7) is 8.23. The smallest absolute Gasteiger partial charge is 0.296 e. The average molecular weight is 516 g/mol. The maximum atomic E-state index is 13.4. The van der Waals surface area contributed by atoms with E-state index < -0.39 is 17.7 Å². The van der Waals surface area contributed by atoms with E-state index in [0.717, 1.165) is 11.3 Å². The SMILES string of the molecule is C=CCOc1ccc([C@H]2C(=C(O)c3ccc4c(c3)C[C@H](C)O4)C(=O)C(=O)N2Cc2ccco2)cc1OCC. The number of hydrogen-bond donors (Lipinski definition) is 1. The second-order valence-corrected chi connectivity index (χ2v) is 9.20.